The number of thiophene rings is 1. The van der Waals surface area contributed by atoms with Crippen molar-refractivity contribution < 1.29 is 0 Å². The fourth-order valence-electron chi connectivity index (χ4n) is 6.36. The van der Waals surface area contributed by atoms with E-state index < -0.39 is 0 Å². The monoisotopic (exact) mass is 596 g/mol. The molecule has 0 bridgehead atoms. The highest BCUT2D eigenvalue weighted by molar-refractivity contribution is 7.19. The predicted molar refractivity (Wildman–Crippen MR) is 184 cm³/mol. The lowest BCUT2D eigenvalue weighted by atomic mass is 9.97. The molecule has 0 amide bonds. The first kappa shape index (κ1) is 25.6. The summed E-state index contributed by atoms with van der Waals surface area (Å²) < 4.78 is 0. The summed E-state index contributed by atoms with van der Waals surface area (Å²) in [6, 6.07) is 42.3. The lowest BCUT2D eigenvalue weighted by Gasteiger charge is -2.39. The van der Waals surface area contributed by atoms with Gasteiger partial charge >= 0.3 is 0 Å². The summed E-state index contributed by atoms with van der Waals surface area (Å²) in [7, 11) is 0. The number of anilines is 6. The second kappa shape index (κ2) is 10.4. The van der Waals surface area contributed by atoms with E-state index in [1.54, 1.807) is 36.1 Å². The zero-order valence-electron chi connectivity index (χ0n) is 23.9. The maximum absolute atomic E-state index is 4.89. The Kier molecular flexibility index (Phi) is 5.89. The van der Waals surface area contributed by atoms with E-state index in [1.165, 1.54) is 0 Å². The van der Waals surface area contributed by atoms with E-state index in [4.69, 9.17) is 19.9 Å². The molecule has 0 saturated carbocycles. The van der Waals surface area contributed by atoms with Crippen molar-refractivity contribution in [1.82, 2.24) is 19.9 Å². The molecule has 45 heavy (non-hydrogen) atoms. The molecule has 0 unspecified atom stereocenters. The first-order valence-corrected chi connectivity index (χ1v) is 15.5. The third-order valence-electron chi connectivity index (χ3n) is 8.21. The van der Waals surface area contributed by atoms with Gasteiger partial charge in [0.25, 0.3) is 0 Å². The zero-order valence-corrected chi connectivity index (χ0v) is 24.8. The molecule has 9 rings (SSSR count). The third kappa shape index (κ3) is 4.02. The number of hydrogen-bond donors (Lipinski definition) is 0. The predicted octanol–water partition coefficient (Wildman–Crippen LogP) is 10.2. The Labute approximate surface area is 263 Å². The van der Waals surface area contributed by atoms with Crippen LogP contribution in [0.2, 0.25) is 0 Å². The van der Waals surface area contributed by atoms with Gasteiger partial charge in [-0.1, -0.05) is 72.8 Å². The van der Waals surface area contributed by atoms with Crippen molar-refractivity contribution in [3.63, 3.8) is 0 Å². The van der Waals surface area contributed by atoms with Crippen molar-refractivity contribution in [3.05, 3.63) is 146 Å². The Morgan fingerprint density at radius 3 is 1.38 bits per heavy atom. The van der Waals surface area contributed by atoms with Crippen LogP contribution in [0.4, 0.5) is 33.4 Å². The first-order valence-electron chi connectivity index (χ1n) is 14.7. The maximum atomic E-state index is 4.89. The van der Waals surface area contributed by atoms with Crippen LogP contribution < -0.4 is 9.80 Å². The Hall–Kier alpha value is -5.92. The van der Waals surface area contributed by atoms with Crippen LogP contribution in [0.3, 0.4) is 0 Å². The zero-order chi connectivity index (χ0) is 29.7. The molecule has 8 aromatic rings. The molecule has 5 aromatic carbocycles. The molecule has 0 N–H and O–H groups in total. The van der Waals surface area contributed by atoms with Gasteiger partial charge in [-0.25, -0.2) is 0 Å². The number of aromatic nitrogens is 4. The van der Waals surface area contributed by atoms with Gasteiger partial charge in [-0.15, -0.1) is 11.3 Å². The average molecular weight is 597 g/mol. The van der Waals surface area contributed by atoms with Gasteiger partial charge in [-0.2, -0.15) is 0 Å². The molecular formula is C38H24N6S. The molecular weight excluding hydrogens is 573 g/mol. The first-order chi connectivity index (χ1) is 22.4. The summed E-state index contributed by atoms with van der Waals surface area (Å²) in [5, 5.41) is 1.10. The Bertz CT molecular complexity index is 2250. The number of fused-ring (bicyclic) bond motifs is 4. The van der Waals surface area contributed by atoms with Gasteiger partial charge in [-0.3, -0.25) is 24.8 Å². The van der Waals surface area contributed by atoms with E-state index in [9.17, 15) is 0 Å². The molecule has 4 heterocycles. The molecule has 0 aliphatic carbocycles. The van der Waals surface area contributed by atoms with Crippen molar-refractivity contribution in [2.24, 2.45) is 0 Å². The van der Waals surface area contributed by atoms with Crippen LogP contribution in [-0.2, 0) is 0 Å². The van der Waals surface area contributed by atoms with E-state index in [0.29, 0.717) is 0 Å². The van der Waals surface area contributed by atoms with E-state index in [0.717, 1.165) is 77.1 Å². The summed E-state index contributed by atoms with van der Waals surface area (Å²) >= 11 is 1.72. The third-order valence-corrected chi connectivity index (χ3v) is 9.29. The van der Waals surface area contributed by atoms with Crippen molar-refractivity contribution in [2.75, 3.05) is 9.80 Å². The lowest BCUT2D eigenvalue weighted by Crippen LogP contribution is -2.23. The molecule has 0 radical (unpaired) electrons. The van der Waals surface area contributed by atoms with Gasteiger partial charge in [0.05, 0.1) is 33.8 Å². The highest BCUT2D eigenvalue weighted by atomic mass is 32.1. The normalized spacial score (nSPS) is 12.4. The van der Waals surface area contributed by atoms with E-state index in [1.807, 2.05) is 18.2 Å². The fourth-order valence-corrected chi connectivity index (χ4v) is 7.44. The standard InChI is InChI=1S/C38H24N6S/c1-3-11-25(12-4-1)33-35-37(41-23-21-39-35)34(38-36(33)40-22-24-42-38)31-19-20-32(45-31)44-29-17-9-7-15-27(29)43(26-13-5-2-6-14-26)28-16-8-10-18-30(28)44/h1-24H. The average Bonchev–Trinajstić information content (AvgIpc) is 3.59. The molecule has 3 aromatic heterocycles. The topological polar surface area (TPSA) is 58.0 Å². The van der Waals surface area contributed by atoms with Gasteiger partial charge in [0.1, 0.15) is 16.0 Å². The number of para-hydroxylation sites is 5. The summed E-state index contributed by atoms with van der Waals surface area (Å²) in [6.45, 7) is 0. The second-order valence-electron chi connectivity index (χ2n) is 10.7. The van der Waals surface area contributed by atoms with Gasteiger partial charge in [0.2, 0.25) is 0 Å². The van der Waals surface area contributed by atoms with E-state index >= 15 is 0 Å². The Morgan fingerprint density at radius 2 is 0.844 bits per heavy atom. The van der Waals surface area contributed by atoms with Gasteiger partial charge < -0.3 is 4.90 Å². The quantitative estimate of drug-likeness (QED) is 0.188. The molecule has 0 atom stereocenters. The van der Waals surface area contributed by atoms with Gasteiger partial charge in [0.15, 0.2) is 0 Å². The van der Waals surface area contributed by atoms with Crippen molar-refractivity contribution in [3.8, 4) is 21.6 Å². The minimum atomic E-state index is 0.812. The number of benzene rings is 5. The minimum Gasteiger partial charge on any atom is -0.306 e. The second-order valence-corrected chi connectivity index (χ2v) is 11.8. The van der Waals surface area contributed by atoms with E-state index in [2.05, 4.69) is 113 Å². The molecule has 1 aliphatic heterocycles. The summed E-state index contributed by atoms with van der Waals surface area (Å²) in [5.74, 6) is 0. The van der Waals surface area contributed by atoms with Crippen molar-refractivity contribution in [1.29, 1.82) is 0 Å². The molecule has 0 saturated heterocycles. The van der Waals surface area contributed by atoms with Crippen LogP contribution in [0, 0.1) is 0 Å². The molecule has 6 nitrogen and oxygen atoms in total. The highest BCUT2D eigenvalue weighted by Crippen LogP contribution is 2.56. The molecule has 212 valence electrons. The molecule has 0 spiro atoms. The number of nitrogens with zero attached hydrogens (tertiary/aromatic N) is 6. The number of hydrogen-bond acceptors (Lipinski definition) is 7. The lowest BCUT2D eigenvalue weighted by molar-refractivity contribution is 1.18. The SMILES string of the molecule is c1ccc(-c2c3nccnc3c(-c3ccc(N4c5ccccc5N(c5ccccc5)c5ccccc54)s3)c3nccnc23)cc1. The highest BCUT2D eigenvalue weighted by Gasteiger charge is 2.31. The summed E-state index contributed by atoms with van der Waals surface area (Å²) in [6.07, 6.45) is 7.01. The van der Waals surface area contributed by atoms with Crippen LogP contribution in [0.5, 0.6) is 0 Å². The Balaban J connectivity index is 1.26. The van der Waals surface area contributed by atoms with Crippen molar-refractivity contribution >= 4 is 66.8 Å². The smallest absolute Gasteiger partial charge is 0.101 e. The van der Waals surface area contributed by atoms with Crippen LogP contribution in [-0.4, -0.2) is 19.9 Å². The maximum Gasteiger partial charge on any atom is 0.101 e. The van der Waals surface area contributed by atoms with Crippen molar-refractivity contribution in [2.45, 2.75) is 0 Å². The largest absolute Gasteiger partial charge is 0.306 e. The summed E-state index contributed by atoms with van der Waals surface area (Å²) in [5.41, 5.74) is 11.8. The van der Waals surface area contributed by atoms with Gasteiger partial charge in [-0.05, 0) is 54.1 Å². The van der Waals surface area contributed by atoms with Crippen LogP contribution in [0.1, 0.15) is 0 Å². The molecule has 1 aliphatic rings. The van der Waals surface area contributed by atoms with E-state index in [-0.39, 0.29) is 0 Å². The van der Waals surface area contributed by atoms with Crippen LogP contribution in [0.25, 0.3) is 43.6 Å². The molecule has 0 fully saturated rings. The molecule has 7 heteroatoms. The Morgan fingerprint density at radius 1 is 0.400 bits per heavy atom. The van der Waals surface area contributed by atoms with Crippen LogP contribution in [0.15, 0.2) is 146 Å². The van der Waals surface area contributed by atoms with Gasteiger partial charge in [0, 0.05) is 46.5 Å². The number of rotatable bonds is 4. The summed E-state index contributed by atoms with van der Waals surface area (Å²) in [4.78, 5) is 25.2. The fraction of sp³-hybridized carbons (Fsp3) is 0. The van der Waals surface area contributed by atoms with Crippen LogP contribution >= 0.6 is 11.3 Å². The minimum absolute atomic E-state index is 0.812.